The molecule has 2 rings (SSSR count). The number of thiophene rings is 1. The lowest BCUT2D eigenvalue weighted by molar-refractivity contribution is -0.350. The van der Waals surface area contributed by atoms with Crippen LogP contribution < -0.4 is 10.7 Å². The van der Waals surface area contributed by atoms with E-state index in [2.05, 4.69) is 4.99 Å². The Balaban J connectivity index is 2.54. The van der Waals surface area contributed by atoms with Gasteiger partial charge in [-0.2, -0.15) is 31.6 Å². The maximum absolute atomic E-state index is 14.3. The van der Waals surface area contributed by atoms with Gasteiger partial charge in [0.1, 0.15) is 21.0 Å². The van der Waals surface area contributed by atoms with Crippen LogP contribution in [-0.4, -0.2) is 29.6 Å². The highest BCUT2D eigenvalue weighted by molar-refractivity contribution is 7.14. The molecule has 1 aromatic heterocycles. The monoisotopic (exact) mass is 534 g/mol. The number of carboxylic acids is 1. The molecule has 5 nitrogen and oxygen atoms in total. The van der Waals surface area contributed by atoms with Crippen molar-refractivity contribution in [3.05, 3.63) is 55.3 Å². The normalized spacial score (nSPS) is 13.4. The summed E-state index contributed by atoms with van der Waals surface area (Å²) in [5.41, 5.74) is -2.75. The number of nitrogens with zero attached hydrogens (tertiary/aromatic N) is 1. The minimum absolute atomic E-state index is 0.0747. The number of halogens is 9. The van der Waals surface area contributed by atoms with Crippen LogP contribution in [0.3, 0.4) is 0 Å². The molecule has 0 saturated heterocycles. The van der Waals surface area contributed by atoms with Gasteiger partial charge in [0.05, 0.1) is 11.1 Å². The van der Waals surface area contributed by atoms with Crippen LogP contribution in [0.25, 0.3) is 5.57 Å². The number of hydrogen-bond acceptors (Lipinski definition) is 4. The van der Waals surface area contributed by atoms with Crippen molar-refractivity contribution in [3.63, 3.8) is 0 Å². The molecule has 0 radical (unpaired) electrons. The summed E-state index contributed by atoms with van der Waals surface area (Å²) in [6.07, 6.45) is -10.7. The maximum atomic E-state index is 14.3. The van der Waals surface area contributed by atoms with Gasteiger partial charge in [0.25, 0.3) is 0 Å². The highest BCUT2D eigenvalue weighted by Gasteiger charge is 2.73. The van der Waals surface area contributed by atoms with Gasteiger partial charge in [0, 0.05) is 16.6 Å². The number of nitrogens with one attached hydrogen (secondary N) is 1. The Morgan fingerprint density at radius 3 is 1.97 bits per heavy atom. The smallest absolute Gasteiger partial charge is 0.435 e. The summed E-state index contributed by atoms with van der Waals surface area (Å²) in [6.45, 7) is 0. The van der Waals surface area contributed by atoms with Gasteiger partial charge in [-0.3, -0.25) is 0 Å². The minimum atomic E-state index is -6.35. The fraction of sp³-hybridized carbons (Fsp3) is 0.167. The lowest BCUT2D eigenvalue weighted by Gasteiger charge is -2.30. The Labute approximate surface area is 194 Å². The van der Waals surface area contributed by atoms with Crippen LogP contribution in [0, 0.1) is 11.3 Å². The van der Waals surface area contributed by atoms with E-state index in [0.29, 0.717) is 0 Å². The average molecular weight is 535 g/mol. The molecule has 0 saturated carbocycles. The quantitative estimate of drug-likeness (QED) is 0.382. The highest BCUT2D eigenvalue weighted by Crippen LogP contribution is 2.54. The molecule has 4 N–H and O–H groups in total. The Hall–Kier alpha value is -2.82. The van der Waals surface area contributed by atoms with Gasteiger partial charge in [-0.05, 0) is 18.2 Å². The van der Waals surface area contributed by atoms with Gasteiger partial charge in [-0.1, -0.05) is 23.2 Å². The van der Waals surface area contributed by atoms with Crippen LogP contribution in [0.1, 0.15) is 25.7 Å². The molecule has 2 aromatic rings. The van der Waals surface area contributed by atoms with Gasteiger partial charge in [0.15, 0.2) is 6.21 Å². The van der Waals surface area contributed by atoms with E-state index in [0.717, 1.165) is 29.8 Å². The summed E-state index contributed by atoms with van der Waals surface area (Å²) in [5, 5.41) is 16.6. The Morgan fingerprint density at radius 1 is 1.09 bits per heavy atom. The zero-order valence-electron chi connectivity index (χ0n) is 15.6. The fourth-order valence-corrected chi connectivity index (χ4v) is 4.06. The third kappa shape index (κ3) is 4.92. The van der Waals surface area contributed by atoms with E-state index in [4.69, 9.17) is 39.3 Å². The lowest BCUT2D eigenvalue weighted by Crippen LogP contribution is -2.62. The van der Waals surface area contributed by atoms with E-state index in [1.165, 1.54) is 0 Å². The molecular weight excluding hydrogens is 526 g/mol. The second kappa shape index (κ2) is 9.20. The van der Waals surface area contributed by atoms with Crippen LogP contribution in [0.2, 0.25) is 10.0 Å². The predicted molar refractivity (Wildman–Crippen MR) is 106 cm³/mol. The predicted octanol–water partition coefficient (Wildman–Crippen LogP) is 4.70. The number of alkyl halides is 7. The summed E-state index contributed by atoms with van der Waals surface area (Å²) >= 11 is 12.3. The summed E-state index contributed by atoms with van der Waals surface area (Å²) in [5.74, 6) is -1.39. The molecule has 0 fully saturated rings. The van der Waals surface area contributed by atoms with E-state index in [1.54, 1.807) is 6.07 Å². The van der Waals surface area contributed by atoms with Crippen molar-refractivity contribution in [1.82, 2.24) is 0 Å². The van der Waals surface area contributed by atoms with E-state index >= 15 is 0 Å². The number of benzene rings is 1. The van der Waals surface area contributed by atoms with E-state index in [-0.39, 0.29) is 38.7 Å². The van der Waals surface area contributed by atoms with Crippen molar-refractivity contribution >= 4 is 58.0 Å². The van der Waals surface area contributed by atoms with Gasteiger partial charge in [-0.25, -0.2) is 14.2 Å². The fourth-order valence-electron chi connectivity index (χ4n) is 2.52. The first-order chi connectivity index (χ1) is 15.1. The van der Waals surface area contributed by atoms with Gasteiger partial charge < -0.3 is 10.8 Å². The van der Waals surface area contributed by atoms with Gasteiger partial charge in [-0.15, -0.1) is 11.3 Å². The van der Waals surface area contributed by atoms with Crippen molar-refractivity contribution in [3.8, 4) is 6.07 Å². The molecule has 0 bridgehead atoms. The van der Waals surface area contributed by atoms with Crippen molar-refractivity contribution in [2.45, 2.75) is 18.0 Å². The number of carbonyl (C=O) groups is 1. The summed E-state index contributed by atoms with van der Waals surface area (Å²) in [7, 11) is 0. The second-order valence-corrected chi connectivity index (χ2v) is 8.02. The third-order valence-electron chi connectivity index (χ3n) is 4.12. The number of allylic oxidation sites excluding steroid dienone is 1. The highest BCUT2D eigenvalue weighted by atomic mass is 35.5. The first-order valence-electron chi connectivity index (χ1n) is 8.19. The van der Waals surface area contributed by atoms with Crippen LogP contribution in [0.4, 0.5) is 36.4 Å². The van der Waals surface area contributed by atoms with Crippen LogP contribution in [-0.2, 0) is 5.67 Å². The molecule has 0 aliphatic heterocycles. The van der Waals surface area contributed by atoms with Crippen LogP contribution >= 0.6 is 34.5 Å². The zero-order valence-corrected chi connectivity index (χ0v) is 17.9. The number of nitrogens with two attached hydrogens (primary N) is 1. The molecular formula is C18H9Cl2F7N3O2S+. The maximum Gasteiger partial charge on any atom is 0.435 e. The number of nitriles is 1. The van der Waals surface area contributed by atoms with Gasteiger partial charge >= 0.3 is 24.0 Å². The molecule has 0 unspecified atom stereocenters. The Kier molecular flexibility index (Phi) is 7.37. The van der Waals surface area contributed by atoms with E-state index in [1.807, 2.05) is 0 Å². The molecule has 1 heterocycles. The third-order valence-corrected chi connectivity index (χ3v) is 5.81. The van der Waals surface area contributed by atoms with Gasteiger partial charge in [0.2, 0.25) is 5.69 Å². The number of aromatic carboxylic acids is 1. The molecule has 0 aliphatic carbocycles. The Bertz CT molecular complexity index is 1160. The number of hydrogen-bond donors (Lipinski definition) is 3. The SMILES string of the molecule is N#Cc1sc(C(C=[NH+]c2c(Cl)cc(C(F)(C(F)(F)F)C(F)(F)F)cc2Cl)=CN)cc1C(=O)O. The molecule has 33 heavy (non-hydrogen) atoms. The lowest BCUT2D eigenvalue weighted by atomic mass is 9.94. The average Bonchev–Trinajstić information content (AvgIpc) is 3.12. The van der Waals surface area contributed by atoms with Crippen molar-refractivity contribution in [2.75, 3.05) is 0 Å². The largest absolute Gasteiger partial charge is 0.478 e. The number of carboxylic acid groups (broad SMARTS) is 1. The minimum Gasteiger partial charge on any atom is -0.478 e. The molecule has 0 spiro atoms. The topological polar surface area (TPSA) is 101 Å². The standard InChI is InChI=1S/C18H8Cl2F7N3O2S/c19-10-1-8(16(21,17(22,23)24)18(25,26)27)2-11(20)14(10)30-6-7(4-28)12-3-9(15(31)32)13(5-29)33-12/h1-4,6H,28H2,(H,31,32)/p+1. The Morgan fingerprint density at radius 2 is 1.61 bits per heavy atom. The van der Waals surface area contributed by atoms with E-state index in [9.17, 15) is 35.5 Å². The zero-order chi connectivity index (χ0) is 25.4. The summed E-state index contributed by atoms with van der Waals surface area (Å²) in [4.78, 5) is 13.6. The van der Waals surface area contributed by atoms with Crippen LogP contribution in [0.15, 0.2) is 24.4 Å². The van der Waals surface area contributed by atoms with E-state index < -0.39 is 39.6 Å². The molecule has 1 aromatic carbocycles. The van der Waals surface area contributed by atoms with Crippen LogP contribution in [0.5, 0.6) is 0 Å². The first-order valence-corrected chi connectivity index (χ1v) is 9.76. The molecule has 0 atom stereocenters. The first kappa shape index (κ1) is 26.4. The van der Waals surface area contributed by atoms with Crippen molar-refractivity contribution in [1.29, 1.82) is 5.26 Å². The van der Waals surface area contributed by atoms with Crippen molar-refractivity contribution in [2.24, 2.45) is 5.73 Å². The summed E-state index contributed by atoms with van der Waals surface area (Å²) < 4.78 is 92.1. The molecule has 0 aliphatic rings. The van der Waals surface area contributed by atoms with Crippen molar-refractivity contribution < 1.29 is 45.6 Å². The second-order valence-electron chi connectivity index (χ2n) is 6.15. The summed E-state index contributed by atoms with van der Waals surface area (Å²) in [6, 6.07) is 3.06. The molecule has 15 heteroatoms. The molecule has 0 amide bonds. The molecule has 176 valence electrons. The number of rotatable bonds is 5.